The fourth-order valence-corrected chi connectivity index (χ4v) is 1.88. The molecule has 0 N–H and O–H groups in total. The summed E-state index contributed by atoms with van der Waals surface area (Å²) in [6, 6.07) is 0.942. The second kappa shape index (κ2) is 4.86. The Morgan fingerprint density at radius 3 is 2.09 bits per heavy atom. The van der Waals surface area contributed by atoms with Gasteiger partial charge in [-0.2, -0.15) is 31.1 Å². The zero-order chi connectivity index (χ0) is 16.9. The number of alkyl halides is 7. The molecule has 0 amide bonds. The molecule has 0 aliphatic rings. The number of nitrogens with zero attached hydrogens (tertiary/aromatic N) is 3. The number of imidazole rings is 1. The molecular formula is C10H5ClF7N3O. The van der Waals surface area contributed by atoms with Crippen LogP contribution in [0.1, 0.15) is 5.82 Å². The van der Waals surface area contributed by atoms with Gasteiger partial charge < -0.3 is 4.84 Å². The Balaban J connectivity index is 2.86. The first-order valence-corrected chi connectivity index (χ1v) is 5.72. The number of rotatable bonds is 2. The predicted octanol–water partition coefficient (Wildman–Crippen LogP) is 3.43. The van der Waals surface area contributed by atoms with Gasteiger partial charge in [-0.05, 0) is 6.07 Å². The first-order valence-electron chi connectivity index (χ1n) is 5.34. The Labute approximate surface area is 122 Å². The van der Waals surface area contributed by atoms with Gasteiger partial charge in [-0.1, -0.05) is 11.6 Å². The average Bonchev–Trinajstić information content (AvgIpc) is 2.72. The predicted molar refractivity (Wildman–Crippen MR) is 59.9 cm³/mol. The summed E-state index contributed by atoms with van der Waals surface area (Å²) in [4.78, 5) is 10.8. The van der Waals surface area contributed by atoms with Crippen LogP contribution in [0, 0.1) is 0 Å². The fourth-order valence-electron chi connectivity index (χ4n) is 1.73. The average molecular weight is 352 g/mol. The van der Waals surface area contributed by atoms with Gasteiger partial charge in [-0.15, -0.1) is 0 Å². The largest absolute Gasteiger partial charge is 0.439 e. The summed E-state index contributed by atoms with van der Waals surface area (Å²) in [5, 5.41) is -0.110. The van der Waals surface area contributed by atoms with E-state index >= 15 is 0 Å². The lowest BCUT2D eigenvalue weighted by atomic mass is 10.0. The highest BCUT2D eigenvalue weighted by Gasteiger charge is 2.76. The van der Waals surface area contributed by atoms with Crippen molar-refractivity contribution >= 4 is 22.8 Å². The standard InChI is InChI=1S/C10H5ClF7N3O/c1-22-21-5-2-4(11)3-19-6(5)20-7(21)8(12,9(13,14)15)10(16,17)18/h2-3H,1H3. The van der Waals surface area contributed by atoms with E-state index in [1.165, 1.54) is 0 Å². The summed E-state index contributed by atoms with van der Waals surface area (Å²) in [6.45, 7) is 0. The lowest BCUT2D eigenvalue weighted by molar-refractivity contribution is -0.353. The molecule has 0 aliphatic carbocycles. The van der Waals surface area contributed by atoms with E-state index in [1.54, 1.807) is 0 Å². The molecular weight excluding hydrogens is 347 g/mol. The van der Waals surface area contributed by atoms with E-state index in [4.69, 9.17) is 11.6 Å². The molecule has 0 spiro atoms. The molecule has 0 fully saturated rings. The van der Waals surface area contributed by atoms with Gasteiger partial charge in [-0.3, -0.25) is 0 Å². The molecule has 22 heavy (non-hydrogen) atoms. The summed E-state index contributed by atoms with van der Waals surface area (Å²) in [5.74, 6) is -2.04. The highest BCUT2D eigenvalue weighted by Crippen LogP contribution is 2.53. The van der Waals surface area contributed by atoms with Crippen LogP contribution in [0.4, 0.5) is 30.7 Å². The van der Waals surface area contributed by atoms with Crippen LogP contribution in [0.5, 0.6) is 0 Å². The first kappa shape index (κ1) is 16.6. The van der Waals surface area contributed by atoms with Crippen LogP contribution in [0.2, 0.25) is 5.02 Å². The third-order valence-corrected chi connectivity index (χ3v) is 2.92. The first-order chi connectivity index (χ1) is 9.93. The summed E-state index contributed by atoms with van der Waals surface area (Å²) in [6.07, 6.45) is -11.7. The van der Waals surface area contributed by atoms with E-state index in [9.17, 15) is 30.7 Å². The number of aromatic nitrogens is 3. The van der Waals surface area contributed by atoms with Crippen molar-refractivity contribution in [2.24, 2.45) is 0 Å². The summed E-state index contributed by atoms with van der Waals surface area (Å²) in [7, 11) is 0.749. The van der Waals surface area contributed by atoms with Crippen LogP contribution in [-0.4, -0.2) is 34.2 Å². The third kappa shape index (κ3) is 2.23. The second-order valence-corrected chi connectivity index (χ2v) is 4.50. The van der Waals surface area contributed by atoms with Crippen molar-refractivity contribution in [3.63, 3.8) is 0 Å². The van der Waals surface area contributed by atoms with E-state index in [0.717, 1.165) is 19.4 Å². The Morgan fingerprint density at radius 2 is 1.64 bits per heavy atom. The number of hydrogen-bond donors (Lipinski definition) is 0. The smallest absolute Gasteiger partial charge is 0.415 e. The second-order valence-electron chi connectivity index (χ2n) is 4.06. The zero-order valence-electron chi connectivity index (χ0n) is 10.4. The molecule has 0 aliphatic heterocycles. The quantitative estimate of drug-likeness (QED) is 0.778. The van der Waals surface area contributed by atoms with Crippen molar-refractivity contribution in [3.05, 3.63) is 23.1 Å². The SMILES string of the molecule is COn1c(C(F)(C(F)(F)F)C(F)(F)F)nc2ncc(Cl)cc21. The zero-order valence-corrected chi connectivity index (χ0v) is 11.2. The van der Waals surface area contributed by atoms with E-state index in [1.807, 2.05) is 0 Å². The Morgan fingerprint density at radius 1 is 1.09 bits per heavy atom. The molecule has 0 radical (unpaired) electrons. The minimum absolute atomic E-state index is 0.0464. The third-order valence-electron chi connectivity index (χ3n) is 2.71. The van der Waals surface area contributed by atoms with Crippen molar-refractivity contribution in [1.29, 1.82) is 0 Å². The van der Waals surface area contributed by atoms with Gasteiger partial charge in [0.05, 0.1) is 5.02 Å². The molecule has 0 saturated heterocycles. The molecule has 122 valence electrons. The lowest BCUT2D eigenvalue weighted by Gasteiger charge is -2.29. The minimum Gasteiger partial charge on any atom is -0.415 e. The van der Waals surface area contributed by atoms with Crippen LogP contribution in [0.25, 0.3) is 11.2 Å². The molecule has 2 rings (SSSR count). The minimum atomic E-state index is -6.31. The monoisotopic (exact) mass is 351 g/mol. The van der Waals surface area contributed by atoms with E-state index in [2.05, 4.69) is 14.8 Å². The summed E-state index contributed by atoms with van der Waals surface area (Å²) >= 11 is 5.55. The Bertz CT molecular complexity index is 695. The van der Waals surface area contributed by atoms with Crippen molar-refractivity contribution in [3.8, 4) is 0 Å². The molecule has 2 aromatic rings. The maximum atomic E-state index is 14.1. The number of pyridine rings is 1. The molecule has 2 heterocycles. The molecule has 2 aromatic heterocycles. The van der Waals surface area contributed by atoms with Crippen molar-refractivity contribution in [2.75, 3.05) is 7.11 Å². The number of halogens is 8. The molecule has 0 unspecified atom stereocenters. The summed E-state index contributed by atoms with van der Waals surface area (Å²) < 4.78 is 90.6. The Hall–Kier alpha value is -1.78. The molecule has 0 bridgehead atoms. The van der Waals surface area contributed by atoms with Crippen LogP contribution >= 0.6 is 11.6 Å². The highest BCUT2D eigenvalue weighted by molar-refractivity contribution is 6.31. The maximum absolute atomic E-state index is 14.1. The molecule has 12 heteroatoms. The molecule has 4 nitrogen and oxygen atoms in total. The van der Waals surface area contributed by atoms with Crippen LogP contribution in [0.15, 0.2) is 12.3 Å². The van der Waals surface area contributed by atoms with Crippen molar-refractivity contribution in [2.45, 2.75) is 18.0 Å². The van der Waals surface area contributed by atoms with E-state index in [-0.39, 0.29) is 9.75 Å². The highest BCUT2D eigenvalue weighted by atomic mass is 35.5. The van der Waals surface area contributed by atoms with Gasteiger partial charge in [0.1, 0.15) is 12.6 Å². The van der Waals surface area contributed by atoms with E-state index in [0.29, 0.717) is 0 Å². The number of fused-ring (bicyclic) bond motifs is 1. The van der Waals surface area contributed by atoms with Crippen LogP contribution < -0.4 is 4.84 Å². The molecule has 0 atom stereocenters. The van der Waals surface area contributed by atoms with Gasteiger partial charge in [0.2, 0.25) is 5.82 Å². The van der Waals surface area contributed by atoms with Crippen molar-refractivity contribution < 1.29 is 35.6 Å². The van der Waals surface area contributed by atoms with Gasteiger partial charge in [0.15, 0.2) is 5.65 Å². The Kier molecular flexibility index (Phi) is 3.67. The molecule has 0 aromatic carbocycles. The maximum Gasteiger partial charge on any atom is 0.439 e. The van der Waals surface area contributed by atoms with Crippen LogP contribution in [-0.2, 0) is 5.67 Å². The van der Waals surface area contributed by atoms with Gasteiger partial charge in [0.25, 0.3) is 0 Å². The molecule has 0 saturated carbocycles. The van der Waals surface area contributed by atoms with Crippen LogP contribution in [0.3, 0.4) is 0 Å². The summed E-state index contributed by atoms with van der Waals surface area (Å²) in [5.41, 5.74) is -6.76. The number of hydrogen-bond acceptors (Lipinski definition) is 3. The van der Waals surface area contributed by atoms with Gasteiger partial charge in [0, 0.05) is 6.20 Å². The normalized spacial score (nSPS) is 13.7. The van der Waals surface area contributed by atoms with Gasteiger partial charge >= 0.3 is 18.0 Å². The fraction of sp³-hybridized carbons (Fsp3) is 0.400. The van der Waals surface area contributed by atoms with Gasteiger partial charge in [-0.25, -0.2) is 14.4 Å². The lowest BCUT2D eigenvalue weighted by Crippen LogP contribution is -2.52. The van der Waals surface area contributed by atoms with Crippen molar-refractivity contribution in [1.82, 2.24) is 14.7 Å². The van der Waals surface area contributed by atoms with E-state index < -0.39 is 35.0 Å². The topological polar surface area (TPSA) is 39.9 Å².